The van der Waals surface area contributed by atoms with Crippen molar-refractivity contribution in [2.75, 3.05) is 13.1 Å². The molecular formula is C10H17N3. The van der Waals surface area contributed by atoms with Crippen molar-refractivity contribution >= 4 is 0 Å². The predicted molar refractivity (Wildman–Crippen MR) is 52.6 cm³/mol. The van der Waals surface area contributed by atoms with E-state index in [1.165, 1.54) is 12.1 Å². The molecule has 0 spiro atoms. The maximum Gasteiger partial charge on any atom is 0.0492 e. The fourth-order valence-corrected chi connectivity index (χ4v) is 2.17. The van der Waals surface area contributed by atoms with Crippen LogP contribution in [0.25, 0.3) is 0 Å². The quantitative estimate of drug-likeness (QED) is 0.700. The fourth-order valence-electron chi connectivity index (χ4n) is 2.17. The molecule has 1 N–H and O–H groups in total. The molecular weight excluding hydrogens is 162 g/mol. The van der Waals surface area contributed by atoms with Gasteiger partial charge in [-0.2, -0.15) is 5.10 Å². The first-order valence-corrected chi connectivity index (χ1v) is 4.96. The van der Waals surface area contributed by atoms with Crippen LogP contribution in [0.1, 0.15) is 25.0 Å². The van der Waals surface area contributed by atoms with Gasteiger partial charge in [0, 0.05) is 31.4 Å². The summed E-state index contributed by atoms with van der Waals surface area (Å²) in [6.45, 7) is 4.56. The van der Waals surface area contributed by atoms with Gasteiger partial charge in [0.25, 0.3) is 0 Å². The van der Waals surface area contributed by atoms with Crippen LogP contribution in [0.3, 0.4) is 0 Å². The highest BCUT2D eigenvalue weighted by atomic mass is 15.3. The lowest BCUT2D eigenvalue weighted by Crippen LogP contribution is -2.34. The summed E-state index contributed by atoms with van der Waals surface area (Å²) >= 11 is 0. The van der Waals surface area contributed by atoms with E-state index in [1.54, 1.807) is 0 Å². The first-order valence-electron chi connectivity index (χ1n) is 4.96. The fraction of sp³-hybridized carbons (Fsp3) is 0.700. The molecule has 1 aliphatic heterocycles. The third kappa shape index (κ3) is 1.75. The second-order valence-corrected chi connectivity index (χ2v) is 4.08. The van der Waals surface area contributed by atoms with E-state index in [0.717, 1.165) is 19.0 Å². The van der Waals surface area contributed by atoms with Gasteiger partial charge in [0.15, 0.2) is 0 Å². The van der Waals surface area contributed by atoms with E-state index in [0.29, 0.717) is 5.92 Å². The molecule has 0 radical (unpaired) electrons. The molecule has 3 nitrogen and oxygen atoms in total. The molecule has 13 heavy (non-hydrogen) atoms. The van der Waals surface area contributed by atoms with Crippen molar-refractivity contribution in [1.82, 2.24) is 15.1 Å². The van der Waals surface area contributed by atoms with E-state index in [-0.39, 0.29) is 0 Å². The van der Waals surface area contributed by atoms with Crippen LogP contribution >= 0.6 is 0 Å². The zero-order valence-electron chi connectivity index (χ0n) is 8.33. The first kappa shape index (κ1) is 8.75. The normalized spacial score (nSPS) is 29.1. The molecule has 0 aliphatic carbocycles. The first-order chi connectivity index (χ1) is 6.27. The molecule has 2 unspecified atom stereocenters. The number of hydrogen-bond donors (Lipinski definition) is 1. The average Bonchev–Trinajstić information content (AvgIpc) is 2.51. The summed E-state index contributed by atoms with van der Waals surface area (Å²) < 4.78 is 1.99. The van der Waals surface area contributed by atoms with Gasteiger partial charge >= 0.3 is 0 Å². The van der Waals surface area contributed by atoms with E-state index in [9.17, 15) is 0 Å². The molecule has 1 aromatic rings. The van der Waals surface area contributed by atoms with Crippen molar-refractivity contribution in [2.45, 2.75) is 19.3 Å². The Balaban J connectivity index is 2.12. The monoisotopic (exact) mass is 179 g/mol. The van der Waals surface area contributed by atoms with E-state index >= 15 is 0 Å². The lowest BCUT2D eigenvalue weighted by molar-refractivity contribution is 0.353. The maximum atomic E-state index is 4.21. The second kappa shape index (κ2) is 3.50. The van der Waals surface area contributed by atoms with Crippen molar-refractivity contribution in [2.24, 2.45) is 13.0 Å². The SMILES string of the molecule is CC1CNCC(c2ccnn2C)C1. The second-order valence-electron chi connectivity index (χ2n) is 4.08. The molecule has 1 aromatic heterocycles. The van der Waals surface area contributed by atoms with E-state index in [2.05, 4.69) is 23.4 Å². The Labute approximate surface area is 79.1 Å². The highest BCUT2D eigenvalue weighted by molar-refractivity contribution is 5.09. The van der Waals surface area contributed by atoms with Crippen LogP contribution in [-0.4, -0.2) is 22.9 Å². The van der Waals surface area contributed by atoms with Crippen LogP contribution < -0.4 is 5.32 Å². The molecule has 0 saturated carbocycles. The Kier molecular flexibility index (Phi) is 2.36. The summed E-state index contributed by atoms with van der Waals surface area (Å²) in [6.07, 6.45) is 3.17. The lowest BCUT2D eigenvalue weighted by atomic mass is 9.89. The summed E-state index contributed by atoms with van der Waals surface area (Å²) in [5.41, 5.74) is 1.36. The summed E-state index contributed by atoms with van der Waals surface area (Å²) in [7, 11) is 2.02. The largest absolute Gasteiger partial charge is 0.316 e. The van der Waals surface area contributed by atoms with Crippen LogP contribution in [0, 0.1) is 5.92 Å². The Morgan fingerprint density at radius 1 is 1.54 bits per heavy atom. The summed E-state index contributed by atoms with van der Waals surface area (Å²) in [5, 5.41) is 7.66. The van der Waals surface area contributed by atoms with Gasteiger partial charge in [-0.25, -0.2) is 0 Å². The van der Waals surface area contributed by atoms with Crippen LogP contribution in [0.15, 0.2) is 12.3 Å². The van der Waals surface area contributed by atoms with Crippen molar-refractivity contribution in [3.8, 4) is 0 Å². The lowest BCUT2D eigenvalue weighted by Gasteiger charge is -2.27. The van der Waals surface area contributed by atoms with Crippen LogP contribution in [0.5, 0.6) is 0 Å². The predicted octanol–water partition coefficient (Wildman–Crippen LogP) is 1.13. The van der Waals surface area contributed by atoms with Gasteiger partial charge in [0.05, 0.1) is 0 Å². The smallest absolute Gasteiger partial charge is 0.0492 e. The molecule has 1 saturated heterocycles. The molecule has 0 bridgehead atoms. The molecule has 0 amide bonds. The maximum absolute atomic E-state index is 4.21. The Hall–Kier alpha value is -0.830. The third-order valence-corrected chi connectivity index (χ3v) is 2.85. The van der Waals surface area contributed by atoms with Crippen molar-refractivity contribution < 1.29 is 0 Å². The summed E-state index contributed by atoms with van der Waals surface area (Å²) in [6, 6.07) is 2.13. The van der Waals surface area contributed by atoms with E-state index in [4.69, 9.17) is 0 Å². The van der Waals surface area contributed by atoms with E-state index < -0.39 is 0 Å². The van der Waals surface area contributed by atoms with Gasteiger partial charge in [0.1, 0.15) is 0 Å². The highest BCUT2D eigenvalue weighted by Crippen LogP contribution is 2.25. The zero-order chi connectivity index (χ0) is 9.26. The molecule has 0 aromatic carbocycles. The topological polar surface area (TPSA) is 29.9 Å². The number of rotatable bonds is 1. The van der Waals surface area contributed by atoms with Crippen LogP contribution in [0.2, 0.25) is 0 Å². The third-order valence-electron chi connectivity index (χ3n) is 2.85. The summed E-state index contributed by atoms with van der Waals surface area (Å²) in [4.78, 5) is 0. The number of aromatic nitrogens is 2. The number of hydrogen-bond acceptors (Lipinski definition) is 2. The standard InChI is InChI=1S/C10H17N3/c1-8-5-9(7-11-6-8)10-3-4-12-13(10)2/h3-4,8-9,11H,5-7H2,1-2H3. The number of nitrogens with one attached hydrogen (secondary N) is 1. The minimum Gasteiger partial charge on any atom is -0.316 e. The minimum atomic E-state index is 0.649. The molecule has 2 rings (SSSR count). The zero-order valence-corrected chi connectivity index (χ0v) is 8.33. The summed E-state index contributed by atoms with van der Waals surface area (Å²) in [5.74, 6) is 1.44. The van der Waals surface area contributed by atoms with Gasteiger partial charge in [-0.3, -0.25) is 4.68 Å². The van der Waals surface area contributed by atoms with Gasteiger partial charge in [0.2, 0.25) is 0 Å². The van der Waals surface area contributed by atoms with Crippen LogP contribution in [-0.2, 0) is 7.05 Å². The van der Waals surface area contributed by atoms with Gasteiger partial charge < -0.3 is 5.32 Å². The Morgan fingerprint density at radius 2 is 2.38 bits per heavy atom. The molecule has 72 valence electrons. The Morgan fingerprint density at radius 3 is 3.00 bits per heavy atom. The minimum absolute atomic E-state index is 0.649. The molecule has 2 atom stereocenters. The van der Waals surface area contributed by atoms with Gasteiger partial charge in [-0.05, 0) is 24.9 Å². The Bertz CT molecular complexity index is 279. The molecule has 3 heteroatoms. The number of piperidine rings is 1. The van der Waals surface area contributed by atoms with Crippen LogP contribution in [0.4, 0.5) is 0 Å². The molecule has 2 heterocycles. The van der Waals surface area contributed by atoms with Gasteiger partial charge in [-0.1, -0.05) is 6.92 Å². The van der Waals surface area contributed by atoms with E-state index in [1.807, 2.05) is 17.9 Å². The molecule has 1 aliphatic rings. The average molecular weight is 179 g/mol. The molecule has 1 fully saturated rings. The highest BCUT2D eigenvalue weighted by Gasteiger charge is 2.21. The van der Waals surface area contributed by atoms with Crippen molar-refractivity contribution in [3.05, 3.63) is 18.0 Å². The van der Waals surface area contributed by atoms with Crippen molar-refractivity contribution in [1.29, 1.82) is 0 Å². The number of aryl methyl sites for hydroxylation is 1. The van der Waals surface area contributed by atoms with Gasteiger partial charge in [-0.15, -0.1) is 0 Å². The van der Waals surface area contributed by atoms with Crippen molar-refractivity contribution in [3.63, 3.8) is 0 Å². The number of nitrogens with zero attached hydrogens (tertiary/aromatic N) is 2.